The van der Waals surface area contributed by atoms with E-state index in [9.17, 15) is 13.2 Å². The molecule has 0 aromatic rings. The summed E-state index contributed by atoms with van der Waals surface area (Å²) in [5.74, 6) is -0.992. The predicted octanol–water partition coefficient (Wildman–Crippen LogP) is 1.30. The minimum atomic E-state index is -3.42. The second-order valence-corrected chi connectivity index (χ2v) is 7.39. The smallest absolute Gasteiger partial charge is 0.304 e. The van der Waals surface area contributed by atoms with Gasteiger partial charge in [0.05, 0.1) is 11.7 Å². The Morgan fingerprint density at radius 3 is 2.00 bits per heavy atom. The van der Waals surface area contributed by atoms with E-state index in [4.69, 9.17) is 5.11 Å². The summed E-state index contributed by atoms with van der Waals surface area (Å²) < 4.78 is 25.3. The molecule has 5 nitrogen and oxygen atoms in total. The van der Waals surface area contributed by atoms with Gasteiger partial charge in [-0.25, -0.2) is 8.42 Å². The van der Waals surface area contributed by atoms with Gasteiger partial charge < -0.3 is 5.11 Å². The maximum absolute atomic E-state index is 12.0. The zero-order valence-corrected chi connectivity index (χ0v) is 11.3. The summed E-state index contributed by atoms with van der Waals surface area (Å²) in [4.78, 5) is 10.5. The van der Waals surface area contributed by atoms with Gasteiger partial charge in [0, 0.05) is 12.1 Å². The molecule has 1 N–H and O–H groups in total. The van der Waals surface area contributed by atoms with Crippen molar-refractivity contribution in [2.24, 2.45) is 0 Å². The Morgan fingerprint density at radius 2 is 1.75 bits per heavy atom. The molecule has 0 heterocycles. The summed E-state index contributed by atoms with van der Waals surface area (Å²) in [6.45, 7) is 8.47. The minimum Gasteiger partial charge on any atom is -0.481 e. The Balaban J connectivity index is 5.05. The van der Waals surface area contributed by atoms with Crippen molar-refractivity contribution in [2.45, 2.75) is 51.8 Å². The number of carboxylic acids is 1. The molecule has 0 fully saturated rings. The van der Waals surface area contributed by atoms with Gasteiger partial charge in [-0.3, -0.25) is 4.79 Å². The summed E-state index contributed by atoms with van der Waals surface area (Å²) in [6.07, 6.45) is -0.177. The van der Waals surface area contributed by atoms with Crippen LogP contribution in [0, 0.1) is 0 Å². The molecule has 0 spiro atoms. The van der Waals surface area contributed by atoms with Crippen LogP contribution in [0.4, 0.5) is 0 Å². The monoisotopic (exact) mass is 251 g/mol. The van der Waals surface area contributed by atoms with Gasteiger partial charge in [0.1, 0.15) is 0 Å². The number of hydrogen-bond donors (Lipinski definition) is 1. The summed E-state index contributed by atoms with van der Waals surface area (Å²) in [5, 5.41) is 8.07. The third-order valence-electron chi connectivity index (χ3n) is 2.18. The van der Waals surface area contributed by atoms with Crippen LogP contribution in [-0.4, -0.2) is 41.1 Å². The number of rotatable bonds is 5. The zero-order valence-electron chi connectivity index (χ0n) is 10.5. The maximum atomic E-state index is 12.0. The van der Waals surface area contributed by atoms with E-state index in [1.54, 1.807) is 34.6 Å². The molecule has 6 heteroatoms. The van der Waals surface area contributed by atoms with Crippen molar-refractivity contribution in [1.29, 1.82) is 0 Å². The normalized spacial score (nSPS) is 13.4. The molecule has 0 aromatic heterocycles. The van der Waals surface area contributed by atoms with Crippen LogP contribution in [0.2, 0.25) is 0 Å². The Morgan fingerprint density at radius 1 is 1.31 bits per heavy atom. The first kappa shape index (κ1) is 15.4. The highest BCUT2D eigenvalue weighted by molar-refractivity contribution is 7.89. The Kier molecular flexibility index (Phi) is 4.94. The van der Waals surface area contributed by atoms with Crippen molar-refractivity contribution < 1.29 is 18.3 Å². The van der Waals surface area contributed by atoms with Crippen LogP contribution in [0.3, 0.4) is 0 Å². The average molecular weight is 251 g/mol. The van der Waals surface area contributed by atoms with E-state index in [0.29, 0.717) is 0 Å². The molecule has 0 aromatic carbocycles. The van der Waals surface area contributed by atoms with Gasteiger partial charge >= 0.3 is 5.97 Å². The lowest BCUT2D eigenvalue weighted by molar-refractivity contribution is -0.137. The molecular weight excluding hydrogens is 230 g/mol. The zero-order chi connectivity index (χ0) is 13.1. The van der Waals surface area contributed by atoms with Crippen LogP contribution in [0.15, 0.2) is 0 Å². The molecule has 0 aliphatic carbocycles. The van der Waals surface area contributed by atoms with Crippen LogP contribution < -0.4 is 0 Å². The fourth-order valence-electron chi connectivity index (χ4n) is 1.30. The van der Waals surface area contributed by atoms with Crippen LogP contribution >= 0.6 is 0 Å². The summed E-state index contributed by atoms with van der Waals surface area (Å²) in [7, 11) is -3.42. The highest BCUT2D eigenvalue weighted by atomic mass is 32.2. The van der Waals surface area contributed by atoms with Gasteiger partial charge in [0.25, 0.3) is 0 Å². The molecule has 0 radical (unpaired) electrons. The molecule has 0 rings (SSSR count). The van der Waals surface area contributed by atoms with Crippen LogP contribution in [-0.2, 0) is 14.8 Å². The largest absolute Gasteiger partial charge is 0.481 e. The van der Waals surface area contributed by atoms with E-state index >= 15 is 0 Å². The standard InChI is InChI=1S/C10H21NO4S/c1-8(2)16(14,15)11(10(3,4)5)7-6-9(12)13/h8H,6-7H2,1-5H3,(H,12,13). The van der Waals surface area contributed by atoms with Crippen molar-refractivity contribution in [1.82, 2.24) is 4.31 Å². The first-order valence-corrected chi connectivity index (χ1v) is 6.73. The fourth-order valence-corrected chi connectivity index (χ4v) is 2.91. The van der Waals surface area contributed by atoms with Gasteiger partial charge in [-0.1, -0.05) is 0 Å². The quantitative estimate of drug-likeness (QED) is 0.799. The van der Waals surface area contributed by atoms with E-state index in [1.807, 2.05) is 0 Å². The first-order chi connectivity index (χ1) is 6.99. The fraction of sp³-hybridized carbons (Fsp3) is 0.900. The topological polar surface area (TPSA) is 74.7 Å². The molecule has 0 saturated carbocycles. The van der Waals surface area contributed by atoms with Crippen LogP contribution in [0.25, 0.3) is 0 Å². The highest BCUT2D eigenvalue weighted by Crippen LogP contribution is 2.21. The van der Waals surface area contributed by atoms with Crippen molar-refractivity contribution >= 4 is 16.0 Å². The van der Waals surface area contributed by atoms with Crippen LogP contribution in [0.1, 0.15) is 41.0 Å². The summed E-state index contributed by atoms with van der Waals surface area (Å²) in [5.41, 5.74) is -0.599. The molecule has 0 unspecified atom stereocenters. The molecule has 96 valence electrons. The molecule has 0 bridgehead atoms. The van der Waals surface area contributed by atoms with Gasteiger partial charge in [0.2, 0.25) is 10.0 Å². The van der Waals surface area contributed by atoms with Gasteiger partial charge in [-0.2, -0.15) is 4.31 Å². The summed E-state index contributed by atoms with van der Waals surface area (Å²) in [6, 6.07) is 0. The van der Waals surface area contributed by atoms with E-state index in [2.05, 4.69) is 0 Å². The second-order valence-electron chi connectivity index (χ2n) is 4.98. The second kappa shape index (κ2) is 5.14. The average Bonchev–Trinajstić information content (AvgIpc) is 1.99. The molecule has 0 aliphatic rings. The Bertz CT molecular complexity index is 340. The van der Waals surface area contributed by atoms with Gasteiger partial charge in [-0.05, 0) is 34.6 Å². The summed E-state index contributed by atoms with van der Waals surface area (Å²) >= 11 is 0. The molecule has 16 heavy (non-hydrogen) atoms. The number of hydrogen-bond acceptors (Lipinski definition) is 3. The Hall–Kier alpha value is -0.620. The molecular formula is C10H21NO4S. The lowest BCUT2D eigenvalue weighted by Crippen LogP contribution is -2.49. The maximum Gasteiger partial charge on any atom is 0.304 e. The number of aliphatic carboxylic acids is 1. The van der Waals surface area contributed by atoms with Gasteiger partial charge in [-0.15, -0.1) is 0 Å². The van der Waals surface area contributed by atoms with E-state index < -0.39 is 26.8 Å². The molecule has 0 aliphatic heterocycles. The lowest BCUT2D eigenvalue weighted by Gasteiger charge is -2.35. The lowest BCUT2D eigenvalue weighted by atomic mass is 10.1. The Labute approximate surface area is 97.5 Å². The predicted molar refractivity (Wildman–Crippen MR) is 62.8 cm³/mol. The van der Waals surface area contributed by atoms with Crippen molar-refractivity contribution in [3.63, 3.8) is 0 Å². The molecule has 0 amide bonds. The van der Waals surface area contributed by atoms with E-state index in [0.717, 1.165) is 0 Å². The van der Waals surface area contributed by atoms with E-state index in [1.165, 1.54) is 4.31 Å². The highest BCUT2D eigenvalue weighted by Gasteiger charge is 2.34. The first-order valence-electron chi connectivity index (χ1n) is 5.23. The van der Waals surface area contributed by atoms with Crippen molar-refractivity contribution in [3.8, 4) is 0 Å². The number of nitrogens with zero attached hydrogens (tertiary/aromatic N) is 1. The number of carboxylic acid groups (broad SMARTS) is 1. The van der Waals surface area contributed by atoms with Gasteiger partial charge in [0.15, 0.2) is 0 Å². The molecule has 0 atom stereocenters. The van der Waals surface area contributed by atoms with Crippen molar-refractivity contribution in [3.05, 3.63) is 0 Å². The SMILES string of the molecule is CC(C)S(=O)(=O)N(CCC(=O)O)C(C)(C)C. The number of carbonyl (C=O) groups is 1. The third-order valence-corrected chi connectivity index (χ3v) is 4.72. The molecule has 0 saturated heterocycles. The van der Waals surface area contributed by atoms with Crippen LogP contribution in [0.5, 0.6) is 0 Å². The van der Waals surface area contributed by atoms with E-state index in [-0.39, 0.29) is 13.0 Å². The minimum absolute atomic E-state index is 0.0132. The number of sulfonamides is 1. The van der Waals surface area contributed by atoms with Crippen molar-refractivity contribution in [2.75, 3.05) is 6.54 Å². The third kappa shape index (κ3) is 4.09.